The van der Waals surface area contributed by atoms with Crippen LogP contribution in [0.2, 0.25) is 0 Å². The summed E-state index contributed by atoms with van der Waals surface area (Å²) in [5.74, 6) is -1.52. The number of hydrogen-bond donors (Lipinski definition) is 0. The summed E-state index contributed by atoms with van der Waals surface area (Å²) in [7, 11) is 0. The molecule has 0 saturated carbocycles. The average molecular weight is 374 g/mol. The Morgan fingerprint density at radius 3 is 2.23 bits per heavy atom. The highest BCUT2D eigenvalue weighted by Gasteiger charge is 2.44. The number of rotatable bonds is 10. The molecule has 0 aliphatic carbocycles. The molecule has 1 aliphatic heterocycles. The number of carbonyl (C=O) groups excluding carboxylic acids is 3. The molecule has 8 nitrogen and oxygen atoms in total. The Bertz CT molecular complexity index is 464. The molecule has 0 aromatic rings. The van der Waals surface area contributed by atoms with Crippen LogP contribution in [0, 0.1) is 0 Å². The Hall–Kier alpha value is -1.67. The van der Waals surface area contributed by atoms with Crippen LogP contribution in [0.5, 0.6) is 0 Å². The molecule has 1 fully saturated rings. The second-order valence-electron chi connectivity index (χ2n) is 6.30. The fourth-order valence-electron chi connectivity index (χ4n) is 2.75. The molecule has 0 bridgehead atoms. The van der Waals surface area contributed by atoms with Crippen LogP contribution in [0.4, 0.5) is 0 Å². The van der Waals surface area contributed by atoms with Gasteiger partial charge >= 0.3 is 17.9 Å². The van der Waals surface area contributed by atoms with Crippen LogP contribution in [0.25, 0.3) is 0 Å². The second kappa shape index (κ2) is 11.9. The molecular weight excluding hydrogens is 344 g/mol. The molecule has 0 spiro atoms. The molecule has 0 unspecified atom stereocenters. The Morgan fingerprint density at radius 1 is 0.962 bits per heavy atom. The van der Waals surface area contributed by atoms with Crippen molar-refractivity contribution >= 4 is 17.9 Å². The summed E-state index contributed by atoms with van der Waals surface area (Å²) in [4.78, 5) is 34.0. The van der Waals surface area contributed by atoms with E-state index in [-0.39, 0.29) is 13.0 Å². The minimum Gasteiger partial charge on any atom is -0.463 e. The van der Waals surface area contributed by atoms with Gasteiger partial charge in [0.25, 0.3) is 0 Å². The van der Waals surface area contributed by atoms with Gasteiger partial charge in [-0.05, 0) is 6.42 Å². The highest BCUT2D eigenvalue weighted by Crippen LogP contribution is 2.27. The van der Waals surface area contributed by atoms with Crippen molar-refractivity contribution in [2.45, 2.75) is 84.4 Å². The Labute approximate surface area is 154 Å². The van der Waals surface area contributed by atoms with E-state index in [1.54, 1.807) is 0 Å². The monoisotopic (exact) mass is 374 g/mol. The number of unbranched alkanes of at least 4 members (excludes halogenated alkanes) is 3. The van der Waals surface area contributed by atoms with Crippen LogP contribution in [0.3, 0.4) is 0 Å². The quantitative estimate of drug-likeness (QED) is 0.326. The van der Waals surface area contributed by atoms with E-state index in [0.717, 1.165) is 25.7 Å². The highest BCUT2D eigenvalue weighted by molar-refractivity contribution is 5.67. The van der Waals surface area contributed by atoms with Gasteiger partial charge in [0.05, 0.1) is 0 Å². The summed E-state index contributed by atoms with van der Waals surface area (Å²) in [6.07, 6.45) is 1.45. The van der Waals surface area contributed by atoms with Gasteiger partial charge in [-0.25, -0.2) is 0 Å². The van der Waals surface area contributed by atoms with E-state index in [1.807, 2.05) is 0 Å². The summed E-state index contributed by atoms with van der Waals surface area (Å²) in [5.41, 5.74) is 0. The van der Waals surface area contributed by atoms with Crippen molar-refractivity contribution in [2.24, 2.45) is 0 Å². The van der Waals surface area contributed by atoms with Crippen molar-refractivity contribution < 1.29 is 38.1 Å². The van der Waals surface area contributed by atoms with Crippen LogP contribution in [-0.2, 0) is 38.1 Å². The molecule has 8 heteroatoms. The zero-order valence-corrected chi connectivity index (χ0v) is 16.0. The Kier molecular flexibility index (Phi) is 10.2. The summed E-state index contributed by atoms with van der Waals surface area (Å²) >= 11 is 0. The van der Waals surface area contributed by atoms with E-state index in [9.17, 15) is 14.4 Å². The van der Waals surface area contributed by atoms with Crippen LogP contribution < -0.4 is 0 Å². The number of carbonyl (C=O) groups is 3. The third-order valence-electron chi connectivity index (χ3n) is 3.86. The first-order valence-electron chi connectivity index (χ1n) is 9.08. The maximum atomic E-state index is 11.4. The molecule has 1 saturated heterocycles. The van der Waals surface area contributed by atoms with Gasteiger partial charge in [-0.3, -0.25) is 14.4 Å². The normalized spacial score (nSPS) is 25.4. The largest absolute Gasteiger partial charge is 0.463 e. The van der Waals surface area contributed by atoms with Crippen LogP contribution in [0.15, 0.2) is 0 Å². The van der Waals surface area contributed by atoms with Crippen molar-refractivity contribution in [1.29, 1.82) is 0 Å². The van der Waals surface area contributed by atoms with Crippen LogP contribution >= 0.6 is 0 Å². The lowest BCUT2D eigenvalue weighted by molar-refractivity contribution is -0.266. The average Bonchev–Trinajstić information content (AvgIpc) is 2.54. The van der Waals surface area contributed by atoms with E-state index < -0.39 is 42.5 Å². The van der Waals surface area contributed by atoms with Crippen molar-refractivity contribution in [3.8, 4) is 0 Å². The Balaban J connectivity index is 2.75. The molecule has 1 rings (SSSR count). The van der Waals surface area contributed by atoms with Crippen molar-refractivity contribution in [1.82, 2.24) is 0 Å². The summed E-state index contributed by atoms with van der Waals surface area (Å²) in [6.45, 7) is 6.32. The van der Waals surface area contributed by atoms with E-state index in [4.69, 9.17) is 23.7 Å². The molecule has 0 N–H and O–H groups in total. The number of esters is 3. The minimum absolute atomic E-state index is 0.124. The van der Waals surface area contributed by atoms with Gasteiger partial charge in [0.15, 0.2) is 12.4 Å². The second-order valence-corrected chi connectivity index (χ2v) is 6.30. The summed E-state index contributed by atoms with van der Waals surface area (Å²) < 4.78 is 27.1. The SMILES string of the molecule is CCCCCCO[C@@H]1C[C@H](OC(C)=O)[C@H](OC(C)=O)[C@H](COC(C)=O)O1. The third-order valence-corrected chi connectivity index (χ3v) is 3.86. The lowest BCUT2D eigenvalue weighted by Gasteiger charge is -2.39. The van der Waals surface area contributed by atoms with Gasteiger partial charge in [0.1, 0.15) is 18.8 Å². The zero-order valence-electron chi connectivity index (χ0n) is 16.0. The molecule has 0 amide bonds. The van der Waals surface area contributed by atoms with Crippen molar-refractivity contribution in [3.05, 3.63) is 0 Å². The van der Waals surface area contributed by atoms with Gasteiger partial charge in [-0.15, -0.1) is 0 Å². The molecule has 4 atom stereocenters. The van der Waals surface area contributed by atoms with Gasteiger partial charge in [-0.2, -0.15) is 0 Å². The topological polar surface area (TPSA) is 97.4 Å². The summed E-state index contributed by atoms with van der Waals surface area (Å²) in [5, 5.41) is 0. The number of hydrogen-bond acceptors (Lipinski definition) is 8. The van der Waals surface area contributed by atoms with Crippen molar-refractivity contribution in [2.75, 3.05) is 13.2 Å². The molecule has 0 radical (unpaired) electrons. The first-order chi connectivity index (χ1) is 12.3. The van der Waals surface area contributed by atoms with Crippen molar-refractivity contribution in [3.63, 3.8) is 0 Å². The third kappa shape index (κ3) is 8.62. The predicted octanol–water partition coefficient (Wildman–Crippen LogP) is 2.12. The Morgan fingerprint density at radius 2 is 1.65 bits per heavy atom. The molecule has 26 heavy (non-hydrogen) atoms. The zero-order chi connectivity index (χ0) is 19.5. The van der Waals surface area contributed by atoms with E-state index in [2.05, 4.69) is 6.92 Å². The van der Waals surface area contributed by atoms with Gasteiger partial charge in [0.2, 0.25) is 0 Å². The maximum absolute atomic E-state index is 11.4. The first kappa shape index (κ1) is 22.4. The standard InChI is InChI=1S/C18H30O8/c1-5-6-7-8-9-22-17-10-15(24-13(3)20)18(25-14(4)21)16(26-17)11-23-12(2)19/h15-18H,5-11H2,1-4H3/t15-,16-,17-,18-/m0/s1. The van der Waals surface area contributed by atoms with E-state index in [1.165, 1.54) is 20.8 Å². The summed E-state index contributed by atoms with van der Waals surface area (Å²) in [6, 6.07) is 0. The molecule has 1 aliphatic rings. The lowest BCUT2D eigenvalue weighted by atomic mass is 10.0. The molecule has 150 valence electrons. The smallest absolute Gasteiger partial charge is 0.303 e. The van der Waals surface area contributed by atoms with Crippen LogP contribution in [0.1, 0.15) is 59.8 Å². The fraction of sp³-hybridized carbons (Fsp3) is 0.833. The van der Waals surface area contributed by atoms with Crippen LogP contribution in [-0.4, -0.2) is 55.7 Å². The van der Waals surface area contributed by atoms with E-state index in [0.29, 0.717) is 6.61 Å². The van der Waals surface area contributed by atoms with E-state index >= 15 is 0 Å². The molecule has 0 aromatic carbocycles. The fourth-order valence-corrected chi connectivity index (χ4v) is 2.75. The molecular formula is C18H30O8. The first-order valence-corrected chi connectivity index (χ1v) is 9.08. The van der Waals surface area contributed by atoms with Gasteiger partial charge in [-0.1, -0.05) is 26.2 Å². The van der Waals surface area contributed by atoms with Gasteiger partial charge in [0, 0.05) is 33.8 Å². The molecule has 0 aromatic heterocycles. The maximum Gasteiger partial charge on any atom is 0.303 e. The predicted molar refractivity (Wildman–Crippen MR) is 91.1 cm³/mol. The number of ether oxygens (including phenoxy) is 5. The lowest BCUT2D eigenvalue weighted by Crippen LogP contribution is -2.54. The molecule has 1 heterocycles. The highest BCUT2D eigenvalue weighted by atomic mass is 16.7. The minimum atomic E-state index is -0.865. The van der Waals surface area contributed by atoms with Gasteiger partial charge < -0.3 is 23.7 Å².